The van der Waals surface area contributed by atoms with Crippen molar-refractivity contribution in [2.45, 2.75) is 41.5 Å². The fraction of sp³-hybridized carbons (Fsp3) is 0.115. The van der Waals surface area contributed by atoms with Crippen LogP contribution in [0.5, 0.6) is 0 Å². The summed E-state index contributed by atoms with van der Waals surface area (Å²) in [6.45, 7) is 12.9. The molecular weight excluding hydrogens is 653 g/mol. The van der Waals surface area contributed by atoms with E-state index in [1.54, 1.807) is 0 Å². The molecule has 0 amide bonds. The van der Waals surface area contributed by atoms with Crippen LogP contribution in [0.2, 0.25) is 0 Å². The van der Waals surface area contributed by atoms with E-state index < -0.39 is 0 Å². The molecule has 0 saturated heterocycles. The van der Waals surface area contributed by atoms with E-state index in [1.165, 1.54) is 55.6 Å². The average Bonchev–Trinajstić information content (AvgIpc) is 3.18. The monoisotopic (exact) mass is 700 g/mol. The third kappa shape index (κ3) is 8.30. The van der Waals surface area contributed by atoms with Gasteiger partial charge in [0.15, 0.2) is 0 Å². The smallest absolute Gasteiger partial charge is 0.0464 e. The minimum Gasteiger partial charge on any atom is -0.310 e. The zero-order valence-corrected chi connectivity index (χ0v) is 32.2. The Balaban J connectivity index is 1.13. The molecule has 0 heterocycles. The molecule has 266 valence electrons. The molecule has 0 unspecified atom stereocenters. The first-order valence-corrected chi connectivity index (χ1v) is 18.8. The van der Waals surface area contributed by atoms with E-state index in [2.05, 4.69) is 233 Å². The topological polar surface area (TPSA) is 6.48 Å². The standard InChI is InChI=1S/C52H48N2/c1-37-11-25-47(26-12-37)53(48-27-13-38(2)14-28-48)51-33-23-43(41(5)35-51)19-21-45-9-7-8-10-46(45)22-20-44-24-34-52(36-42(44)6)54(49-29-15-39(3)16-30-49)50-31-17-40(4)18-32-50/h7-36H,1-6H3/b21-19+,22-20+. The van der Waals surface area contributed by atoms with Gasteiger partial charge < -0.3 is 9.80 Å². The third-order valence-electron chi connectivity index (χ3n) is 10.1. The summed E-state index contributed by atoms with van der Waals surface area (Å²) in [5, 5.41) is 0. The molecule has 7 aromatic rings. The van der Waals surface area contributed by atoms with Crippen LogP contribution in [0.1, 0.15) is 55.6 Å². The number of nitrogens with zero attached hydrogens (tertiary/aromatic N) is 2. The van der Waals surface area contributed by atoms with E-state index in [9.17, 15) is 0 Å². The van der Waals surface area contributed by atoms with Gasteiger partial charge in [0.05, 0.1) is 0 Å². The van der Waals surface area contributed by atoms with Gasteiger partial charge in [0, 0.05) is 34.1 Å². The van der Waals surface area contributed by atoms with E-state index in [-0.39, 0.29) is 0 Å². The number of hydrogen-bond acceptors (Lipinski definition) is 2. The molecule has 0 aliphatic rings. The predicted octanol–water partition coefficient (Wildman–Crippen LogP) is 14.8. The first-order chi connectivity index (χ1) is 26.2. The second-order valence-corrected chi connectivity index (χ2v) is 14.4. The molecule has 54 heavy (non-hydrogen) atoms. The number of anilines is 6. The van der Waals surface area contributed by atoms with Crippen LogP contribution in [0.15, 0.2) is 158 Å². The van der Waals surface area contributed by atoms with E-state index in [4.69, 9.17) is 0 Å². The highest BCUT2D eigenvalue weighted by atomic mass is 15.1. The third-order valence-corrected chi connectivity index (χ3v) is 10.1. The molecule has 0 aromatic heterocycles. The summed E-state index contributed by atoms with van der Waals surface area (Å²) in [5.74, 6) is 0. The van der Waals surface area contributed by atoms with Crippen molar-refractivity contribution < 1.29 is 0 Å². The Hall–Kier alpha value is -6.38. The lowest BCUT2D eigenvalue weighted by Gasteiger charge is -2.26. The molecule has 0 N–H and O–H groups in total. The van der Waals surface area contributed by atoms with Gasteiger partial charge in [0.2, 0.25) is 0 Å². The Morgan fingerprint density at radius 2 is 0.537 bits per heavy atom. The van der Waals surface area contributed by atoms with Gasteiger partial charge in [-0.25, -0.2) is 0 Å². The summed E-state index contributed by atoms with van der Waals surface area (Å²) >= 11 is 0. The molecule has 0 atom stereocenters. The van der Waals surface area contributed by atoms with Crippen molar-refractivity contribution in [2.24, 2.45) is 0 Å². The number of hydrogen-bond donors (Lipinski definition) is 0. The molecule has 7 aromatic carbocycles. The highest BCUT2D eigenvalue weighted by Gasteiger charge is 2.15. The highest BCUT2D eigenvalue weighted by Crippen LogP contribution is 2.37. The second-order valence-electron chi connectivity index (χ2n) is 14.4. The van der Waals surface area contributed by atoms with Crippen molar-refractivity contribution in [1.29, 1.82) is 0 Å². The van der Waals surface area contributed by atoms with Crippen molar-refractivity contribution in [3.63, 3.8) is 0 Å². The van der Waals surface area contributed by atoms with Crippen LogP contribution in [-0.2, 0) is 0 Å². The van der Waals surface area contributed by atoms with Crippen LogP contribution in [-0.4, -0.2) is 0 Å². The molecule has 0 saturated carbocycles. The van der Waals surface area contributed by atoms with E-state index in [0.717, 1.165) is 34.1 Å². The largest absolute Gasteiger partial charge is 0.310 e. The van der Waals surface area contributed by atoms with Gasteiger partial charge in [0.1, 0.15) is 0 Å². The first kappa shape index (κ1) is 36.0. The molecule has 7 rings (SSSR count). The van der Waals surface area contributed by atoms with Crippen molar-refractivity contribution in [1.82, 2.24) is 0 Å². The van der Waals surface area contributed by atoms with Gasteiger partial charge in [-0.1, -0.05) is 131 Å². The normalized spacial score (nSPS) is 11.4. The van der Waals surface area contributed by atoms with Crippen LogP contribution in [0.25, 0.3) is 24.3 Å². The summed E-state index contributed by atoms with van der Waals surface area (Å²) in [7, 11) is 0. The summed E-state index contributed by atoms with van der Waals surface area (Å²) in [4.78, 5) is 4.66. The van der Waals surface area contributed by atoms with Gasteiger partial charge in [-0.3, -0.25) is 0 Å². The maximum absolute atomic E-state index is 2.33. The molecule has 0 fully saturated rings. The summed E-state index contributed by atoms with van der Waals surface area (Å²) < 4.78 is 0. The lowest BCUT2D eigenvalue weighted by molar-refractivity contribution is 1.25. The van der Waals surface area contributed by atoms with Crippen molar-refractivity contribution in [3.05, 3.63) is 213 Å². The van der Waals surface area contributed by atoms with Crippen molar-refractivity contribution in [2.75, 3.05) is 9.80 Å². The van der Waals surface area contributed by atoms with Gasteiger partial charge in [-0.05, 0) is 148 Å². The summed E-state index contributed by atoms with van der Waals surface area (Å²) in [6, 6.07) is 57.1. The number of rotatable bonds is 10. The molecular formula is C52H48N2. The molecule has 0 radical (unpaired) electrons. The van der Waals surface area contributed by atoms with Crippen LogP contribution >= 0.6 is 0 Å². The fourth-order valence-electron chi connectivity index (χ4n) is 6.82. The summed E-state index contributed by atoms with van der Waals surface area (Å²) in [5.41, 5.74) is 19.1. The van der Waals surface area contributed by atoms with Crippen molar-refractivity contribution in [3.8, 4) is 0 Å². The van der Waals surface area contributed by atoms with Gasteiger partial charge >= 0.3 is 0 Å². The van der Waals surface area contributed by atoms with Gasteiger partial charge in [-0.15, -0.1) is 0 Å². The highest BCUT2D eigenvalue weighted by molar-refractivity contribution is 5.84. The second kappa shape index (κ2) is 16.1. The SMILES string of the molecule is Cc1ccc(N(c2ccc(C)cc2)c2ccc(/C=C/c3ccccc3/C=C/c3ccc(N(c4ccc(C)cc4)c4ccc(C)cc4)cc3C)c(C)c2)cc1. The Morgan fingerprint density at radius 3 is 0.815 bits per heavy atom. The Labute approximate surface area is 322 Å². The first-order valence-electron chi connectivity index (χ1n) is 18.8. The zero-order chi connectivity index (χ0) is 37.6. The fourth-order valence-corrected chi connectivity index (χ4v) is 6.82. The van der Waals surface area contributed by atoms with E-state index in [1.807, 2.05) is 0 Å². The minimum atomic E-state index is 1.14. The Morgan fingerprint density at radius 1 is 0.278 bits per heavy atom. The van der Waals surface area contributed by atoms with Crippen LogP contribution < -0.4 is 9.80 Å². The average molecular weight is 701 g/mol. The molecule has 2 heteroatoms. The lowest BCUT2D eigenvalue weighted by Crippen LogP contribution is -2.10. The lowest BCUT2D eigenvalue weighted by atomic mass is 10.0. The van der Waals surface area contributed by atoms with Crippen LogP contribution in [0.4, 0.5) is 34.1 Å². The zero-order valence-electron chi connectivity index (χ0n) is 32.2. The molecule has 0 spiro atoms. The predicted molar refractivity (Wildman–Crippen MR) is 235 cm³/mol. The number of aryl methyl sites for hydroxylation is 6. The van der Waals surface area contributed by atoms with E-state index >= 15 is 0 Å². The molecule has 0 aliphatic carbocycles. The van der Waals surface area contributed by atoms with Crippen molar-refractivity contribution >= 4 is 58.4 Å². The van der Waals surface area contributed by atoms with Crippen LogP contribution in [0.3, 0.4) is 0 Å². The maximum atomic E-state index is 2.33. The van der Waals surface area contributed by atoms with Gasteiger partial charge in [0.25, 0.3) is 0 Å². The van der Waals surface area contributed by atoms with Gasteiger partial charge in [-0.2, -0.15) is 0 Å². The van der Waals surface area contributed by atoms with E-state index in [0.29, 0.717) is 0 Å². The molecule has 0 bridgehead atoms. The maximum Gasteiger partial charge on any atom is 0.0464 e. The molecule has 0 aliphatic heterocycles. The van der Waals surface area contributed by atoms with Crippen LogP contribution in [0, 0.1) is 41.5 Å². The quantitative estimate of drug-likeness (QED) is 0.131. The Bertz CT molecular complexity index is 2150. The molecule has 2 nitrogen and oxygen atoms in total. The Kier molecular flexibility index (Phi) is 10.7. The minimum absolute atomic E-state index is 1.14. The number of benzene rings is 7. The summed E-state index contributed by atoms with van der Waals surface area (Å²) in [6.07, 6.45) is 8.93.